The Balaban J connectivity index is 2.16. The van der Waals surface area contributed by atoms with E-state index in [0.29, 0.717) is 12.3 Å². The van der Waals surface area contributed by atoms with Gasteiger partial charge in [0.1, 0.15) is 0 Å². The van der Waals surface area contributed by atoms with Crippen molar-refractivity contribution in [3.63, 3.8) is 0 Å². The van der Waals surface area contributed by atoms with Crippen LogP contribution in [0.2, 0.25) is 0 Å². The van der Waals surface area contributed by atoms with Gasteiger partial charge in [-0.25, -0.2) is 8.42 Å². The molecule has 0 bridgehead atoms. The molecule has 0 spiro atoms. The maximum atomic E-state index is 11.5. The van der Waals surface area contributed by atoms with E-state index < -0.39 is 10.0 Å². The van der Waals surface area contributed by atoms with E-state index in [9.17, 15) is 8.42 Å². The average Bonchev–Trinajstić information content (AvgIpc) is 2.53. The van der Waals surface area contributed by atoms with E-state index in [0.717, 1.165) is 6.42 Å². The van der Waals surface area contributed by atoms with Crippen molar-refractivity contribution in [1.82, 2.24) is 4.31 Å². The normalized spacial score (nSPS) is 46.3. The molecule has 3 unspecified atom stereocenters. The molecule has 1 saturated heterocycles. The van der Waals surface area contributed by atoms with Crippen LogP contribution in [0.25, 0.3) is 0 Å². The van der Waals surface area contributed by atoms with Gasteiger partial charge in [0.25, 0.3) is 0 Å². The molecule has 0 aromatic heterocycles. The van der Waals surface area contributed by atoms with E-state index in [4.69, 9.17) is 5.73 Å². The standard InChI is InChI=1S/C7H14N2O2S/c1-5-3-9(7-2-6(7)8)12(10,11)4-5/h5-7H,2-4,8H2,1H3. The summed E-state index contributed by atoms with van der Waals surface area (Å²) < 4.78 is 24.5. The molecule has 1 heterocycles. The summed E-state index contributed by atoms with van der Waals surface area (Å²) in [6.07, 6.45) is 0.839. The van der Waals surface area contributed by atoms with Crippen LogP contribution >= 0.6 is 0 Å². The van der Waals surface area contributed by atoms with Crippen LogP contribution < -0.4 is 5.73 Å². The first-order valence-electron chi connectivity index (χ1n) is 4.26. The summed E-state index contributed by atoms with van der Waals surface area (Å²) in [7, 11) is -2.95. The van der Waals surface area contributed by atoms with Crippen LogP contribution in [0, 0.1) is 5.92 Å². The van der Waals surface area contributed by atoms with E-state index in [-0.39, 0.29) is 18.0 Å². The number of sulfonamides is 1. The maximum absolute atomic E-state index is 11.5. The van der Waals surface area contributed by atoms with Gasteiger partial charge >= 0.3 is 0 Å². The molecular formula is C7H14N2O2S. The van der Waals surface area contributed by atoms with E-state index >= 15 is 0 Å². The molecule has 0 aromatic rings. The van der Waals surface area contributed by atoms with Crippen molar-refractivity contribution in [3.05, 3.63) is 0 Å². The quantitative estimate of drug-likeness (QED) is 0.598. The largest absolute Gasteiger partial charge is 0.326 e. The third kappa shape index (κ3) is 1.26. The van der Waals surface area contributed by atoms with Crippen LogP contribution in [0.3, 0.4) is 0 Å². The Hall–Kier alpha value is -0.130. The zero-order chi connectivity index (χ0) is 8.93. The van der Waals surface area contributed by atoms with Crippen molar-refractivity contribution in [3.8, 4) is 0 Å². The van der Waals surface area contributed by atoms with E-state index in [1.165, 1.54) is 0 Å². The molecule has 3 atom stereocenters. The van der Waals surface area contributed by atoms with Gasteiger partial charge in [0.15, 0.2) is 0 Å². The van der Waals surface area contributed by atoms with E-state index in [1.54, 1.807) is 4.31 Å². The van der Waals surface area contributed by atoms with Crippen LogP contribution in [-0.4, -0.2) is 37.1 Å². The highest BCUT2D eigenvalue weighted by Gasteiger charge is 2.48. The molecule has 2 aliphatic rings. The van der Waals surface area contributed by atoms with Gasteiger partial charge < -0.3 is 5.73 Å². The molecular weight excluding hydrogens is 176 g/mol. The molecule has 0 amide bonds. The maximum Gasteiger partial charge on any atom is 0.214 e. The van der Waals surface area contributed by atoms with Crippen molar-refractivity contribution >= 4 is 10.0 Å². The highest BCUT2D eigenvalue weighted by Crippen LogP contribution is 2.33. The topological polar surface area (TPSA) is 63.4 Å². The molecule has 70 valence electrons. The fourth-order valence-electron chi connectivity index (χ4n) is 1.80. The number of nitrogens with zero attached hydrogens (tertiary/aromatic N) is 1. The lowest BCUT2D eigenvalue weighted by Crippen LogP contribution is -2.31. The van der Waals surface area contributed by atoms with Crippen molar-refractivity contribution in [2.24, 2.45) is 11.7 Å². The molecule has 12 heavy (non-hydrogen) atoms. The van der Waals surface area contributed by atoms with Crippen LogP contribution in [0.4, 0.5) is 0 Å². The first kappa shape index (κ1) is 8.47. The predicted molar refractivity (Wildman–Crippen MR) is 46.0 cm³/mol. The Kier molecular flexibility index (Phi) is 1.72. The smallest absolute Gasteiger partial charge is 0.214 e. The molecule has 5 heteroatoms. The minimum Gasteiger partial charge on any atom is -0.326 e. The average molecular weight is 190 g/mol. The SMILES string of the molecule is CC1CN(C2CC2N)S(=O)(=O)C1. The second kappa shape index (κ2) is 2.43. The Morgan fingerprint density at radius 3 is 2.42 bits per heavy atom. The van der Waals surface area contributed by atoms with Crippen molar-refractivity contribution in [2.75, 3.05) is 12.3 Å². The van der Waals surface area contributed by atoms with Crippen LogP contribution in [0.15, 0.2) is 0 Å². The van der Waals surface area contributed by atoms with E-state index in [2.05, 4.69) is 0 Å². The summed E-state index contributed by atoms with van der Waals surface area (Å²) in [5.74, 6) is 0.568. The lowest BCUT2D eigenvalue weighted by Gasteiger charge is -2.12. The van der Waals surface area contributed by atoms with Gasteiger partial charge in [0.05, 0.1) is 5.75 Å². The number of hydrogen-bond donors (Lipinski definition) is 1. The molecule has 1 saturated carbocycles. The monoisotopic (exact) mass is 190 g/mol. The van der Waals surface area contributed by atoms with Gasteiger partial charge in [-0.2, -0.15) is 4.31 Å². The summed E-state index contributed by atoms with van der Waals surface area (Å²) in [6, 6.07) is 0.199. The molecule has 4 nitrogen and oxygen atoms in total. The predicted octanol–water partition coefficient (Wildman–Crippen LogP) is -0.632. The second-order valence-electron chi connectivity index (χ2n) is 3.92. The Labute approximate surface area is 72.8 Å². The summed E-state index contributed by atoms with van der Waals surface area (Å²) >= 11 is 0. The minimum atomic E-state index is -2.95. The molecule has 1 aliphatic carbocycles. The van der Waals surface area contributed by atoms with Gasteiger partial charge in [0.2, 0.25) is 10.0 Å². The highest BCUT2D eigenvalue weighted by molar-refractivity contribution is 7.89. The van der Waals surface area contributed by atoms with Gasteiger partial charge in [-0.3, -0.25) is 0 Å². The Morgan fingerprint density at radius 2 is 2.08 bits per heavy atom. The summed E-state index contributed by atoms with van der Waals surface area (Å²) in [6.45, 7) is 2.63. The van der Waals surface area contributed by atoms with Gasteiger partial charge in [-0.05, 0) is 12.3 Å². The van der Waals surface area contributed by atoms with Crippen molar-refractivity contribution in [1.29, 1.82) is 0 Å². The van der Waals surface area contributed by atoms with Gasteiger partial charge in [0, 0.05) is 18.6 Å². The van der Waals surface area contributed by atoms with Crippen molar-refractivity contribution < 1.29 is 8.42 Å². The van der Waals surface area contributed by atoms with Crippen molar-refractivity contribution in [2.45, 2.75) is 25.4 Å². The van der Waals surface area contributed by atoms with Gasteiger partial charge in [-0.1, -0.05) is 6.92 Å². The number of rotatable bonds is 1. The molecule has 0 radical (unpaired) electrons. The van der Waals surface area contributed by atoms with E-state index in [1.807, 2.05) is 6.92 Å². The third-order valence-corrected chi connectivity index (χ3v) is 4.64. The van der Waals surface area contributed by atoms with Gasteiger partial charge in [-0.15, -0.1) is 0 Å². The molecule has 0 aromatic carbocycles. The summed E-state index contributed by atoms with van der Waals surface area (Å²) in [4.78, 5) is 0. The fourth-order valence-corrected chi connectivity index (χ4v) is 3.95. The lowest BCUT2D eigenvalue weighted by molar-refractivity contribution is 0.401. The Morgan fingerprint density at radius 1 is 1.50 bits per heavy atom. The second-order valence-corrected chi connectivity index (χ2v) is 5.89. The van der Waals surface area contributed by atoms with Crippen LogP contribution in [0.1, 0.15) is 13.3 Å². The lowest BCUT2D eigenvalue weighted by atomic mass is 10.2. The first-order valence-corrected chi connectivity index (χ1v) is 5.87. The number of nitrogens with two attached hydrogens (primary N) is 1. The zero-order valence-electron chi connectivity index (χ0n) is 7.10. The van der Waals surface area contributed by atoms with Crippen LogP contribution in [0.5, 0.6) is 0 Å². The molecule has 1 aliphatic heterocycles. The zero-order valence-corrected chi connectivity index (χ0v) is 7.92. The summed E-state index contributed by atoms with van der Waals surface area (Å²) in [5.41, 5.74) is 5.61. The fraction of sp³-hybridized carbons (Fsp3) is 1.00. The van der Waals surface area contributed by atoms with Crippen LogP contribution in [-0.2, 0) is 10.0 Å². The first-order chi connectivity index (χ1) is 5.50. The Bertz CT molecular complexity index is 288. The number of hydrogen-bond acceptors (Lipinski definition) is 3. The molecule has 2 fully saturated rings. The highest BCUT2D eigenvalue weighted by atomic mass is 32.2. The molecule has 2 N–H and O–H groups in total. The molecule has 2 rings (SSSR count). The third-order valence-electron chi connectivity index (χ3n) is 2.52. The summed E-state index contributed by atoms with van der Waals surface area (Å²) in [5, 5.41) is 0. The minimum absolute atomic E-state index is 0.0880.